The summed E-state index contributed by atoms with van der Waals surface area (Å²) in [5.74, 6) is -2.66. The van der Waals surface area contributed by atoms with Gasteiger partial charge in [0.25, 0.3) is 0 Å². The molecule has 0 spiro atoms. The lowest BCUT2D eigenvalue weighted by Gasteiger charge is -2.05. The number of carboxylic acids is 3. The molecule has 12 heteroatoms. The number of fused-ring (bicyclic) bond motifs is 8. The summed E-state index contributed by atoms with van der Waals surface area (Å²) >= 11 is 0. The van der Waals surface area contributed by atoms with Crippen LogP contribution in [0.4, 0.5) is 0 Å². The van der Waals surface area contributed by atoms with Gasteiger partial charge in [-0.25, -0.2) is 9.97 Å². The van der Waals surface area contributed by atoms with Crippen LogP contribution in [0.1, 0.15) is 91.0 Å². The third-order valence-electron chi connectivity index (χ3n) is 9.62. The second kappa shape index (κ2) is 15.1. The quantitative estimate of drug-likeness (QED) is 0.128. The van der Waals surface area contributed by atoms with Crippen molar-refractivity contribution in [2.24, 2.45) is 0 Å². The highest BCUT2D eigenvalue weighted by atomic mass is 16.4. The molecule has 0 saturated carbocycles. The maximum atomic E-state index is 11.5. The lowest BCUT2D eigenvalue weighted by molar-refractivity contribution is -0.139. The Morgan fingerprint density at radius 2 is 1.18 bits per heavy atom. The number of rotatable bonds is 9. The van der Waals surface area contributed by atoms with Crippen LogP contribution in [-0.2, 0) is 14.4 Å². The molecular formula is C39H43N5O7. The monoisotopic (exact) mass is 693 g/mol. The predicted molar refractivity (Wildman–Crippen MR) is 199 cm³/mol. The highest BCUT2D eigenvalue weighted by molar-refractivity contribution is 5.97. The maximum Gasteiger partial charge on any atom is 0.320 e. The molecule has 6 rings (SSSR count). The molecule has 6 heterocycles. The van der Waals surface area contributed by atoms with Crippen LogP contribution in [0.2, 0.25) is 0 Å². The zero-order valence-corrected chi connectivity index (χ0v) is 29.2. The second-order valence-electron chi connectivity index (χ2n) is 12.9. The van der Waals surface area contributed by atoms with E-state index in [1.54, 1.807) is 0 Å². The Bertz CT molecular complexity index is 2190. The minimum absolute atomic E-state index is 0.0367. The zero-order valence-electron chi connectivity index (χ0n) is 29.2. The number of aromatic amines is 2. The van der Waals surface area contributed by atoms with Gasteiger partial charge in [0, 0.05) is 59.0 Å². The van der Waals surface area contributed by atoms with Gasteiger partial charge in [0.2, 0.25) is 0 Å². The summed E-state index contributed by atoms with van der Waals surface area (Å²) in [6, 6.07) is 7.34. The Morgan fingerprint density at radius 1 is 0.725 bits per heavy atom. The molecule has 0 amide bonds. The van der Waals surface area contributed by atoms with E-state index in [2.05, 4.69) is 34.5 Å². The van der Waals surface area contributed by atoms with Crippen molar-refractivity contribution in [2.45, 2.75) is 71.9 Å². The molecule has 12 nitrogen and oxygen atoms in total. The Morgan fingerprint density at radius 3 is 1.57 bits per heavy atom. The van der Waals surface area contributed by atoms with Crippen molar-refractivity contribution < 1.29 is 34.8 Å². The van der Waals surface area contributed by atoms with Crippen molar-refractivity contribution in [3.63, 3.8) is 0 Å². The van der Waals surface area contributed by atoms with Crippen molar-refractivity contribution >= 4 is 74.4 Å². The highest BCUT2D eigenvalue weighted by Crippen LogP contribution is 2.38. The molecular weight excluding hydrogens is 650 g/mol. The predicted octanol–water partition coefficient (Wildman–Crippen LogP) is 6.60. The summed E-state index contributed by atoms with van der Waals surface area (Å²) in [6.45, 7) is 16.5. The summed E-state index contributed by atoms with van der Waals surface area (Å²) in [7, 11) is 0. The topological polar surface area (TPSA) is 202 Å². The Kier molecular flexibility index (Phi) is 10.9. The van der Waals surface area contributed by atoms with E-state index in [1.165, 1.54) is 0 Å². The summed E-state index contributed by atoms with van der Waals surface area (Å²) in [5, 5.41) is 38.7. The fourth-order valence-corrected chi connectivity index (χ4v) is 6.67. The lowest BCUT2D eigenvalue weighted by atomic mass is 9.98. The summed E-state index contributed by atoms with van der Waals surface area (Å²) in [5.41, 5.74) is 13.7. The number of aromatic nitrogens is 4. The molecule has 3 aliphatic heterocycles. The summed E-state index contributed by atoms with van der Waals surface area (Å²) < 4.78 is 0. The van der Waals surface area contributed by atoms with Crippen molar-refractivity contribution in [3.05, 3.63) is 82.5 Å². The third kappa shape index (κ3) is 7.77. The van der Waals surface area contributed by atoms with Gasteiger partial charge in [-0.3, -0.25) is 14.4 Å². The van der Waals surface area contributed by atoms with E-state index in [1.807, 2.05) is 58.0 Å². The molecule has 7 N–H and O–H groups in total. The largest absolute Gasteiger partial charge is 0.481 e. The molecule has 1 fully saturated rings. The van der Waals surface area contributed by atoms with Crippen molar-refractivity contribution in [1.82, 2.24) is 25.3 Å². The SMILES string of the molecule is C=Cc1c(C)c2cc3[nH]c(cc4nc(cc5nc(cc1[nH]2)C(C)=C5CCC(=O)O)C(CCC(=O)O)=C4C)c(C)c3C=C.O=C(O)[C@@H]1CC(O)CN1. The van der Waals surface area contributed by atoms with E-state index < -0.39 is 30.1 Å². The number of allylic oxidation sites excluding steroid dienone is 4. The van der Waals surface area contributed by atoms with E-state index >= 15 is 0 Å². The molecule has 266 valence electrons. The first-order chi connectivity index (χ1) is 24.2. The normalized spacial score (nSPS) is 16.9. The number of hydrogen-bond acceptors (Lipinski definition) is 7. The van der Waals surface area contributed by atoms with Crippen LogP contribution in [0.3, 0.4) is 0 Å². The number of aliphatic carboxylic acids is 3. The summed E-state index contributed by atoms with van der Waals surface area (Å²) in [6.07, 6.45) is 4.05. The average Bonchev–Trinajstić information content (AvgIpc) is 3.85. The smallest absolute Gasteiger partial charge is 0.320 e. The molecule has 1 saturated heterocycles. The maximum absolute atomic E-state index is 11.5. The van der Waals surface area contributed by atoms with E-state index in [9.17, 15) is 24.6 Å². The number of aryl methyl sites for hydroxylation is 2. The Hall–Kier alpha value is -5.59. The number of nitrogens with zero attached hydrogens (tertiary/aromatic N) is 2. The van der Waals surface area contributed by atoms with Crippen LogP contribution >= 0.6 is 0 Å². The van der Waals surface area contributed by atoms with Gasteiger partial charge in [-0.1, -0.05) is 25.3 Å². The first-order valence-electron chi connectivity index (χ1n) is 16.7. The number of nitrogens with one attached hydrogen (secondary N) is 3. The molecule has 8 bridgehead atoms. The molecule has 0 aromatic carbocycles. The van der Waals surface area contributed by atoms with Gasteiger partial charge in [0.05, 0.1) is 28.9 Å². The van der Waals surface area contributed by atoms with Gasteiger partial charge in [-0.2, -0.15) is 0 Å². The van der Waals surface area contributed by atoms with Crippen molar-refractivity contribution in [3.8, 4) is 0 Å². The number of aliphatic hydroxyl groups excluding tert-OH is 1. The molecule has 3 aliphatic rings. The Labute approximate surface area is 295 Å². The molecule has 1 unspecified atom stereocenters. The van der Waals surface area contributed by atoms with Gasteiger partial charge < -0.3 is 35.7 Å². The first kappa shape index (κ1) is 36.7. The fourth-order valence-electron chi connectivity index (χ4n) is 6.67. The van der Waals surface area contributed by atoms with Crippen LogP contribution < -0.4 is 5.32 Å². The van der Waals surface area contributed by atoms with E-state index in [0.717, 1.165) is 78.0 Å². The van der Waals surface area contributed by atoms with Crippen molar-refractivity contribution in [2.75, 3.05) is 6.54 Å². The standard InChI is InChI=1S/C34H34N4O4.C5H9NO3/c1-7-21-17(3)25-13-26-19(5)23(9-11-33(39)40)31(37-26)16-32-24(10-12-34(41)42)20(6)28(38-32)15-30-22(8-2)18(4)27(36-30)14-29(21)35-25;7-3-1-4(5(8)9)6-2-3/h7-8,13-16,35-36H,1-2,9-12H2,3-6H3,(H,39,40)(H,41,42);3-4,6-7H,1-2H2,(H,8,9)/t;3?,4-/m.0/s1. The summed E-state index contributed by atoms with van der Waals surface area (Å²) in [4.78, 5) is 50.2. The van der Waals surface area contributed by atoms with Crippen LogP contribution in [0.25, 0.3) is 56.5 Å². The first-order valence-corrected chi connectivity index (χ1v) is 16.7. The third-order valence-corrected chi connectivity index (χ3v) is 9.62. The molecule has 0 radical (unpaired) electrons. The van der Waals surface area contributed by atoms with Crippen LogP contribution in [0, 0.1) is 13.8 Å². The van der Waals surface area contributed by atoms with Gasteiger partial charge in [-0.15, -0.1) is 0 Å². The van der Waals surface area contributed by atoms with Gasteiger partial charge in [0.15, 0.2) is 0 Å². The van der Waals surface area contributed by atoms with E-state index in [0.29, 0.717) is 37.2 Å². The van der Waals surface area contributed by atoms with Crippen molar-refractivity contribution in [1.29, 1.82) is 0 Å². The molecule has 2 atom stereocenters. The number of hydrogen-bond donors (Lipinski definition) is 7. The van der Waals surface area contributed by atoms with Crippen LogP contribution in [0.15, 0.2) is 37.4 Å². The lowest BCUT2D eigenvalue weighted by Crippen LogP contribution is -2.29. The molecule has 51 heavy (non-hydrogen) atoms. The van der Waals surface area contributed by atoms with Gasteiger partial charge in [0.1, 0.15) is 6.04 Å². The van der Waals surface area contributed by atoms with Crippen LogP contribution in [-0.4, -0.2) is 77.0 Å². The minimum Gasteiger partial charge on any atom is -0.481 e. The molecule has 3 aromatic rings. The molecule has 3 aromatic heterocycles. The van der Waals surface area contributed by atoms with Gasteiger partial charge >= 0.3 is 17.9 Å². The minimum atomic E-state index is -0.889. The zero-order chi connectivity index (χ0) is 37.1. The Balaban J connectivity index is 0.000000488. The second-order valence-corrected chi connectivity index (χ2v) is 12.9. The van der Waals surface area contributed by atoms with E-state index in [-0.39, 0.29) is 12.8 Å². The number of H-pyrrole nitrogens is 2. The number of carbonyl (C=O) groups is 3. The highest BCUT2D eigenvalue weighted by Gasteiger charge is 2.27. The van der Waals surface area contributed by atoms with Crippen LogP contribution in [0.5, 0.6) is 0 Å². The van der Waals surface area contributed by atoms with Gasteiger partial charge in [-0.05, 0) is 98.2 Å². The number of β-amino-alcohol motifs (C(OH)–C–C–N with tert-alkyl or cyclic N) is 1. The van der Waals surface area contributed by atoms with E-state index in [4.69, 9.17) is 20.2 Å². The molecule has 0 aliphatic carbocycles. The number of aliphatic hydroxyl groups is 1. The average molecular weight is 694 g/mol. The fraction of sp³-hybridized carbons (Fsp3) is 0.308. The number of carboxylic acid groups (broad SMARTS) is 3.